The molecule has 1 aromatic rings. The van der Waals surface area contributed by atoms with Crippen LogP contribution in [0.5, 0.6) is 0 Å². The fourth-order valence-corrected chi connectivity index (χ4v) is 3.04. The molecule has 0 atom stereocenters. The van der Waals surface area contributed by atoms with E-state index in [1.165, 1.54) is 18.9 Å². The molecule has 1 aliphatic rings. The van der Waals surface area contributed by atoms with Gasteiger partial charge in [-0.25, -0.2) is 9.59 Å². The Morgan fingerprint density at radius 3 is 2.67 bits per heavy atom. The molecule has 2 amide bonds. The number of halogens is 1. The molecule has 6 heteroatoms. The van der Waals surface area contributed by atoms with Crippen molar-refractivity contribution in [3.05, 3.63) is 28.2 Å². The SMILES string of the molecule is CN(CC1CCCC1)C(=O)Nc1cc(Br)ccc1C(=O)O. The Balaban J connectivity index is 2.04. The summed E-state index contributed by atoms with van der Waals surface area (Å²) in [7, 11) is 1.74. The van der Waals surface area contributed by atoms with Gasteiger partial charge < -0.3 is 15.3 Å². The summed E-state index contributed by atoms with van der Waals surface area (Å²) in [6.07, 6.45) is 4.79. The summed E-state index contributed by atoms with van der Waals surface area (Å²) in [6, 6.07) is 4.44. The van der Waals surface area contributed by atoms with Gasteiger partial charge in [-0.05, 0) is 37.0 Å². The number of carboxylic acids is 1. The number of carbonyl (C=O) groups is 2. The molecule has 0 spiro atoms. The summed E-state index contributed by atoms with van der Waals surface area (Å²) in [5.41, 5.74) is 0.390. The molecule has 1 aromatic carbocycles. The molecule has 114 valence electrons. The van der Waals surface area contributed by atoms with Gasteiger partial charge in [0.15, 0.2) is 0 Å². The summed E-state index contributed by atoms with van der Waals surface area (Å²) in [5.74, 6) is -0.501. The number of nitrogens with one attached hydrogen (secondary N) is 1. The Bertz CT molecular complexity index is 542. The van der Waals surface area contributed by atoms with E-state index in [2.05, 4.69) is 21.2 Å². The summed E-state index contributed by atoms with van der Waals surface area (Å²) in [6.45, 7) is 0.711. The van der Waals surface area contributed by atoms with Crippen LogP contribution in [0, 0.1) is 5.92 Å². The number of nitrogens with zero attached hydrogens (tertiary/aromatic N) is 1. The molecule has 0 bridgehead atoms. The fraction of sp³-hybridized carbons (Fsp3) is 0.467. The summed E-state index contributed by atoms with van der Waals surface area (Å²) >= 11 is 3.29. The Morgan fingerprint density at radius 1 is 1.38 bits per heavy atom. The molecular formula is C15H19BrN2O3. The highest BCUT2D eigenvalue weighted by Crippen LogP contribution is 2.26. The van der Waals surface area contributed by atoms with Gasteiger partial charge in [-0.2, -0.15) is 0 Å². The first-order chi connectivity index (χ1) is 9.97. The van der Waals surface area contributed by atoms with Gasteiger partial charge in [0, 0.05) is 18.1 Å². The highest BCUT2D eigenvalue weighted by Gasteiger charge is 2.20. The van der Waals surface area contributed by atoms with Crippen molar-refractivity contribution in [1.82, 2.24) is 4.90 Å². The molecular weight excluding hydrogens is 336 g/mol. The summed E-state index contributed by atoms with van der Waals surface area (Å²) in [5, 5.41) is 11.8. The van der Waals surface area contributed by atoms with Crippen molar-refractivity contribution in [2.45, 2.75) is 25.7 Å². The maximum atomic E-state index is 12.2. The van der Waals surface area contributed by atoms with Gasteiger partial charge in [0.2, 0.25) is 0 Å². The minimum atomic E-state index is -1.06. The maximum Gasteiger partial charge on any atom is 0.337 e. The number of amides is 2. The van der Waals surface area contributed by atoms with Gasteiger partial charge in [-0.15, -0.1) is 0 Å². The van der Waals surface area contributed by atoms with Crippen molar-refractivity contribution >= 4 is 33.6 Å². The normalized spacial score (nSPS) is 15.0. The van der Waals surface area contributed by atoms with Gasteiger partial charge in [0.25, 0.3) is 0 Å². The largest absolute Gasteiger partial charge is 0.478 e. The number of anilines is 1. The summed E-state index contributed by atoms with van der Waals surface area (Å²) < 4.78 is 0.723. The number of rotatable bonds is 4. The molecule has 0 heterocycles. The molecule has 1 fully saturated rings. The number of urea groups is 1. The van der Waals surface area contributed by atoms with E-state index in [-0.39, 0.29) is 11.6 Å². The van der Waals surface area contributed by atoms with Crippen LogP contribution in [0.2, 0.25) is 0 Å². The van der Waals surface area contributed by atoms with Crippen LogP contribution < -0.4 is 5.32 Å². The van der Waals surface area contributed by atoms with E-state index in [0.717, 1.165) is 17.3 Å². The van der Waals surface area contributed by atoms with Gasteiger partial charge >= 0.3 is 12.0 Å². The fourth-order valence-electron chi connectivity index (χ4n) is 2.68. The number of aromatic carboxylic acids is 1. The first-order valence-electron chi connectivity index (χ1n) is 7.02. The molecule has 1 saturated carbocycles. The molecule has 5 nitrogen and oxygen atoms in total. The average molecular weight is 355 g/mol. The number of carbonyl (C=O) groups excluding carboxylic acids is 1. The lowest BCUT2D eigenvalue weighted by molar-refractivity contribution is 0.0698. The van der Waals surface area contributed by atoms with Crippen LogP contribution in [-0.2, 0) is 0 Å². The molecule has 0 radical (unpaired) electrons. The third-order valence-corrected chi connectivity index (χ3v) is 4.30. The zero-order valence-electron chi connectivity index (χ0n) is 11.9. The van der Waals surface area contributed by atoms with Crippen molar-refractivity contribution in [3.8, 4) is 0 Å². The number of benzene rings is 1. The van der Waals surface area contributed by atoms with Crippen molar-refractivity contribution < 1.29 is 14.7 Å². The number of carboxylic acid groups (broad SMARTS) is 1. The third kappa shape index (κ3) is 4.20. The molecule has 0 aromatic heterocycles. The lowest BCUT2D eigenvalue weighted by Crippen LogP contribution is -2.35. The van der Waals surface area contributed by atoms with Crippen LogP contribution in [0.3, 0.4) is 0 Å². The van der Waals surface area contributed by atoms with E-state index in [1.807, 2.05) is 0 Å². The summed E-state index contributed by atoms with van der Waals surface area (Å²) in [4.78, 5) is 25.0. The van der Waals surface area contributed by atoms with E-state index < -0.39 is 5.97 Å². The van der Waals surface area contributed by atoms with E-state index >= 15 is 0 Å². The molecule has 0 unspecified atom stereocenters. The van der Waals surface area contributed by atoms with Gasteiger partial charge in [-0.3, -0.25) is 0 Å². The topological polar surface area (TPSA) is 69.6 Å². The van der Waals surface area contributed by atoms with Gasteiger partial charge in [0.05, 0.1) is 11.3 Å². The van der Waals surface area contributed by atoms with Gasteiger partial charge in [-0.1, -0.05) is 28.8 Å². The standard InChI is InChI=1S/C15H19BrN2O3/c1-18(9-10-4-2-3-5-10)15(21)17-13-8-11(16)6-7-12(13)14(19)20/h6-8,10H,2-5,9H2,1H3,(H,17,21)(H,19,20). The second kappa shape index (κ2) is 6.93. The highest BCUT2D eigenvalue weighted by atomic mass is 79.9. The second-order valence-corrected chi connectivity index (χ2v) is 6.37. The Hall–Kier alpha value is -1.56. The molecule has 0 saturated heterocycles. The molecule has 1 aliphatic carbocycles. The maximum absolute atomic E-state index is 12.2. The van der Waals surface area contributed by atoms with Crippen molar-refractivity contribution in [3.63, 3.8) is 0 Å². The first-order valence-corrected chi connectivity index (χ1v) is 7.81. The predicted molar refractivity (Wildman–Crippen MR) is 84.7 cm³/mol. The van der Waals surface area contributed by atoms with E-state index in [9.17, 15) is 9.59 Å². The van der Waals surface area contributed by atoms with Crippen LogP contribution in [0.1, 0.15) is 36.0 Å². The van der Waals surface area contributed by atoms with E-state index in [0.29, 0.717) is 18.2 Å². The molecule has 2 N–H and O–H groups in total. The van der Waals surface area contributed by atoms with Crippen LogP contribution in [-0.4, -0.2) is 35.6 Å². The monoisotopic (exact) mass is 354 g/mol. The highest BCUT2D eigenvalue weighted by molar-refractivity contribution is 9.10. The second-order valence-electron chi connectivity index (χ2n) is 5.46. The minimum Gasteiger partial charge on any atom is -0.478 e. The lowest BCUT2D eigenvalue weighted by Gasteiger charge is -2.22. The zero-order chi connectivity index (χ0) is 15.4. The molecule has 21 heavy (non-hydrogen) atoms. The Kier molecular flexibility index (Phi) is 5.22. The third-order valence-electron chi connectivity index (χ3n) is 3.81. The van der Waals surface area contributed by atoms with Crippen molar-refractivity contribution in [1.29, 1.82) is 0 Å². The average Bonchev–Trinajstić information content (AvgIpc) is 2.91. The van der Waals surface area contributed by atoms with E-state index in [1.54, 1.807) is 24.1 Å². The van der Waals surface area contributed by atoms with Crippen molar-refractivity contribution in [2.24, 2.45) is 5.92 Å². The molecule has 2 rings (SSSR count). The molecule has 0 aliphatic heterocycles. The minimum absolute atomic E-state index is 0.0841. The van der Waals surface area contributed by atoms with Crippen LogP contribution in [0.15, 0.2) is 22.7 Å². The first kappa shape index (κ1) is 15.8. The quantitative estimate of drug-likeness (QED) is 0.863. The zero-order valence-corrected chi connectivity index (χ0v) is 13.5. The van der Waals surface area contributed by atoms with Crippen LogP contribution in [0.4, 0.5) is 10.5 Å². The van der Waals surface area contributed by atoms with Crippen molar-refractivity contribution in [2.75, 3.05) is 18.9 Å². The van der Waals surface area contributed by atoms with E-state index in [4.69, 9.17) is 5.11 Å². The van der Waals surface area contributed by atoms with Crippen LogP contribution >= 0.6 is 15.9 Å². The number of hydrogen-bond acceptors (Lipinski definition) is 2. The predicted octanol–water partition coefficient (Wildman–Crippen LogP) is 3.80. The Morgan fingerprint density at radius 2 is 2.05 bits per heavy atom. The van der Waals surface area contributed by atoms with Gasteiger partial charge in [0.1, 0.15) is 0 Å². The smallest absolute Gasteiger partial charge is 0.337 e. The van der Waals surface area contributed by atoms with Crippen LogP contribution in [0.25, 0.3) is 0 Å². The Labute approximate surface area is 132 Å². The lowest BCUT2D eigenvalue weighted by atomic mass is 10.1. The number of hydrogen-bond donors (Lipinski definition) is 2.